The number of benzene rings is 2. The number of carbonyl (C=O) groups is 2. The van der Waals surface area contributed by atoms with Crippen LogP contribution >= 0.6 is 0 Å². The second-order valence-corrected chi connectivity index (χ2v) is 8.20. The van der Waals surface area contributed by atoms with E-state index in [2.05, 4.69) is 10.6 Å². The molecular weight excluding hydrogens is 392 g/mol. The summed E-state index contributed by atoms with van der Waals surface area (Å²) in [5.41, 5.74) is 1.84. The van der Waals surface area contributed by atoms with E-state index in [4.69, 9.17) is 11.2 Å². The lowest BCUT2D eigenvalue weighted by Crippen LogP contribution is -2.44. The number of nitrogens with one attached hydrogen (secondary N) is 1. The average Bonchev–Trinajstić information content (AvgIpc) is 2.76. The lowest BCUT2D eigenvalue weighted by atomic mass is 9.92. The van der Waals surface area contributed by atoms with Crippen molar-refractivity contribution in [3.05, 3.63) is 65.2 Å². The lowest BCUT2D eigenvalue weighted by molar-refractivity contribution is -0.146. The van der Waals surface area contributed by atoms with Gasteiger partial charge in [-0.2, -0.15) is 4.72 Å². The molecule has 0 saturated carbocycles. The summed E-state index contributed by atoms with van der Waals surface area (Å²) < 4.78 is 31.8. The van der Waals surface area contributed by atoms with Gasteiger partial charge in [-0.1, -0.05) is 36.3 Å². The zero-order valence-electron chi connectivity index (χ0n) is 15.8. The molecule has 1 aliphatic rings. The molecule has 7 nitrogen and oxygen atoms in total. The minimum Gasteiger partial charge on any atom is -0.467 e. The van der Waals surface area contributed by atoms with E-state index in [1.165, 1.54) is 36.3 Å². The zero-order valence-corrected chi connectivity index (χ0v) is 16.6. The van der Waals surface area contributed by atoms with Crippen molar-refractivity contribution < 1.29 is 22.7 Å². The van der Waals surface area contributed by atoms with Crippen molar-refractivity contribution in [3.8, 4) is 12.3 Å². The van der Waals surface area contributed by atoms with Crippen molar-refractivity contribution in [3.63, 3.8) is 0 Å². The maximum atomic E-state index is 13.2. The maximum absolute atomic E-state index is 13.2. The van der Waals surface area contributed by atoms with Crippen LogP contribution in [0.5, 0.6) is 0 Å². The summed E-state index contributed by atoms with van der Waals surface area (Å²) in [7, 11) is -2.58. The van der Waals surface area contributed by atoms with E-state index < -0.39 is 27.9 Å². The second-order valence-electron chi connectivity index (χ2n) is 6.43. The van der Waals surface area contributed by atoms with Crippen LogP contribution in [-0.4, -0.2) is 45.4 Å². The van der Waals surface area contributed by atoms with Gasteiger partial charge in [-0.3, -0.25) is 4.79 Å². The van der Waals surface area contributed by atoms with Crippen molar-refractivity contribution in [1.82, 2.24) is 9.62 Å². The van der Waals surface area contributed by atoms with E-state index in [-0.39, 0.29) is 17.0 Å². The quantitative estimate of drug-likeness (QED) is 0.594. The van der Waals surface area contributed by atoms with Gasteiger partial charge in [-0.15, -0.1) is 6.42 Å². The van der Waals surface area contributed by atoms with Gasteiger partial charge in [0.25, 0.3) is 5.91 Å². The molecule has 1 atom stereocenters. The van der Waals surface area contributed by atoms with Crippen molar-refractivity contribution in [1.29, 1.82) is 0 Å². The van der Waals surface area contributed by atoms with E-state index in [9.17, 15) is 18.0 Å². The standard InChI is InChI=1S/C21H20N2O5S/c1-3-12-22-29(26,27)17-9-6-8-16(14-17)20(24)23-13-11-15-7-4-5-10-18(15)19(23)21(25)28-2/h1,4-10,14,19,22H,11-13H2,2H3/t19-/m1/s1. The molecule has 0 radical (unpaired) electrons. The molecule has 0 spiro atoms. The minimum atomic E-state index is -3.85. The van der Waals surface area contributed by atoms with Gasteiger partial charge in [-0.25, -0.2) is 13.2 Å². The van der Waals surface area contributed by atoms with E-state index in [1.54, 1.807) is 12.1 Å². The Morgan fingerprint density at radius 1 is 1.24 bits per heavy atom. The van der Waals surface area contributed by atoms with Gasteiger partial charge in [0.1, 0.15) is 0 Å². The Morgan fingerprint density at radius 3 is 2.72 bits per heavy atom. The molecule has 0 aliphatic carbocycles. The normalized spacial score (nSPS) is 15.9. The zero-order chi connectivity index (χ0) is 21.0. The third kappa shape index (κ3) is 4.16. The smallest absolute Gasteiger partial charge is 0.333 e. The van der Waals surface area contributed by atoms with Gasteiger partial charge < -0.3 is 9.64 Å². The van der Waals surface area contributed by atoms with Crippen LogP contribution in [-0.2, 0) is 26.0 Å². The number of rotatable bonds is 5. The molecule has 1 aliphatic heterocycles. The van der Waals surface area contributed by atoms with Crippen LogP contribution in [0.15, 0.2) is 53.4 Å². The third-order valence-corrected chi connectivity index (χ3v) is 6.12. The summed E-state index contributed by atoms with van der Waals surface area (Å²) >= 11 is 0. The molecule has 2 aromatic rings. The van der Waals surface area contributed by atoms with Crippen LogP contribution in [0.2, 0.25) is 0 Å². The minimum absolute atomic E-state index is 0.0781. The number of carbonyl (C=O) groups excluding carboxylic acids is 2. The summed E-state index contributed by atoms with van der Waals surface area (Å²) in [6.07, 6.45) is 5.68. The molecule has 3 rings (SSSR count). The summed E-state index contributed by atoms with van der Waals surface area (Å²) in [4.78, 5) is 27.0. The number of ether oxygens (including phenoxy) is 1. The number of hydrogen-bond acceptors (Lipinski definition) is 5. The average molecular weight is 412 g/mol. The van der Waals surface area contributed by atoms with E-state index in [1.807, 2.05) is 12.1 Å². The fourth-order valence-corrected chi connectivity index (χ4v) is 4.31. The number of fused-ring (bicyclic) bond motifs is 1. The predicted octanol–water partition coefficient (Wildman–Crippen LogP) is 1.51. The first kappa shape index (κ1) is 20.6. The summed E-state index contributed by atoms with van der Waals surface area (Å²) in [5.74, 6) is 1.19. The van der Waals surface area contributed by atoms with Crippen LogP contribution in [0.25, 0.3) is 0 Å². The van der Waals surface area contributed by atoms with E-state index >= 15 is 0 Å². The van der Waals surface area contributed by atoms with E-state index in [0.29, 0.717) is 18.5 Å². The Kier molecular flexibility index (Phi) is 6.01. The number of sulfonamides is 1. The van der Waals surface area contributed by atoms with Gasteiger partial charge in [0.15, 0.2) is 6.04 Å². The molecule has 1 N–H and O–H groups in total. The first-order chi connectivity index (χ1) is 13.9. The highest BCUT2D eigenvalue weighted by Crippen LogP contribution is 2.32. The molecule has 0 aromatic heterocycles. The SMILES string of the molecule is C#CCNS(=O)(=O)c1cccc(C(=O)N2CCc3ccccc3[C@@H]2C(=O)OC)c1. The highest BCUT2D eigenvalue weighted by Gasteiger charge is 2.37. The van der Waals surface area contributed by atoms with Crippen LogP contribution < -0.4 is 4.72 Å². The summed E-state index contributed by atoms with van der Waals surface area (Å²) in [6, 6.07) is 12.1. The number of esters is 1. The molecule has 1 amide bonds. The highest BCUT2D eigenvalue weighted by atomic mass is 32.2. The Labute approximate surface area is 169 Å². The molecule has 150 valence electrons. The third-order valence-electron chi connectivity index (χ3n) is 4.72. The van der Waals surface area contributed by atoms with Crippen molar-refractivity contribution >= 4 is 21.9 Å². The fourth-order valence-electron chi connectivity index (χ4n) is 3.33. The Hall–Kier alpha value is -3.15. The van der Waals surface area contributed by atoms with Crippen LogP contribution in [0.3, 0.4) is 0 Å². The molecular formula is C21H20N2O5S. The molecule has 0 unspecified atom stereocenters. The Balaban J connectivity index is 1.97. The molecule has 0 bridgehead atoms. The van der Waals surface area contributed by atoms with Gasteiger partial charge in [0.05, 0.1) is 18.6 Å². The first-order valence-corrected chi connectivity index (χ1v) is 10.4. The van der Waals surface area contributed by atoms with Gasteiger partial charge in [-0.05, 0) is 35.7 Å². The summed E-state index contributed by atoms with van der Waals surface area (Å²) in [5, 5.41) is 0. The predicted molar refractivity (Wildman–Crippen MR) is 106 cm³/mol. The van der Waals surface area contributed by atoms with Crippen LogP contribution in [0, 0.1) is 12.3 Å². The van der Waals surface area contributed by atoms with Crippen molar-refractivity contribution in [2.45, 2.75) is 17.4 Å². The molecule has 0 fully saturated rings. The van der Waals surface area contributed by atoms with Crippen molar-refractivity contribution in [2.75, 3.05) is 20.2 Å². The fraction of sp³-hybridized carbons (Fsp3) is 0.238. The molecule has 2 aromatic carbocycles. The Morgan fingerprint density at radius 2 is 2.00 bits per heavy atom. The van der Waals surface area contributed by atoms with Crippen molar-refractivity contribution in [2.24, 2.45) is 0 Å². The number of hydrogen-bond donors (Lipinski definition) is 1. The second kappa shape index (κ2) is 8.47. The van der Waals surface area contributed by atoms with Gasteiger partial charge >= 0.3 is 5.97 Å². The Bertz CT molecular complexity index is 1090. The van der Waals surface area contributed by atoms with Crippen LogP contribution in [0.4, 0.5) is 0 Å². The highest BCUT2D eigenvalue weighted by molar-refractivity contribution is 7.89. The number of terminal acetylenes is 1. The van der Waals surface area contributed by atoms with Gasteiger partial charge in [0.2, 0.25) is 10.0 Å². The summed E-state index contributed by atoms with van der Waals surface area (Å²) in [6.45, 7) is 0.149. The van der Waals surface area contributed by atoms with E-state index in [0.717, 1.165) is 5.56 Å². The lowest BCUT2D eigenvalue weighted by Gasteiger charge is -2.35. The number of amides is 1. The molecule has 1 heterocycles. The molecule has 0 saturated heterocycles. The molecule has 8 heteroatoms. The monoisotopic (exact) mass is 412 g/mol. The topological polar surface area (TPSA) is 92.8 Å². The number of methoxy groups -OCH3 is 1. The maximum Gasteiger partial charge on any atom is 0.333 e. The van der Waals surface area contributed by atoms with Crippen LogP contribution in [0.1, 0.15) is 27.5 Å². The van der Waals surface area contributed by atoms with Gasteiger partial charge in [0, 0.05) is 12.1 Å². The number of nitrogens with zero attached hydrogens (tertiary/aromatic N) is 1. The largest absolute Gasteiger partial charge is 0.467 e. The molecule has 29 heavy (non-hydrogen) atoms. The first-order valence-electron chi connectivity index (χ1n) is 8.89.